The van der Waals surface area contributed by atoms with E-state index < -0.39 is 29.5 Å². The number of aliphatic carboxylic acids is 1. The van der Waals surface area contributed by atoms with Crippen molar-refractivity contribution in [3.8, 4) is 0 Å². The van der Waals surface area contributed by atoms with Gasteiger partial charge >= 0.3 is 12.0 Å². The van der Waals surface area contributed by atoms with Gasteiger partial charge in [-0.05, 0) is 27.2 Å². The molecule has 0 bridgehead atoms. The van der Waals surface area contributed by atoms with E-state index in [4.69, 9.17) is 5.11 Å². The van der Waals surface area contributed by atoms with E-state index in [2.05, 4.69) is 10.6 Å². The second-order valence-electron chi connectivity index (χ2n) is 5.05. The van der Waals surface area contributed by atoms with Crippen LogP contribution >= 0.6 is 0 Å². The average Bonchev–Trinajstić information content (AvgIpc) is 2.12. The molecule has 3 N–H and O–H groups in total. The first-order valence-electron chi connectivity index (χ1n) is 5.62. The van der Waals surface area contributed by atoms with Gasteiger partial charge in [0.15, 0.2) is 0 Å². The van der Waals surface area contributed by atoms with Crippen LogP contribution in [0.1, 0.15) is 40.5 Å². The molecule has 0 radical (unpaired) electrons. The van der Waals surface area contributed by atoms with Crippen LogP contribution in [-0.4, -0.2) is 34.6 Å². The van der Waals surface area contributed by atoms with Gasteiger partial charge in [-0.2, -0.15) is 0 Å². The number of carbonyl (C=O) groups is 2. The monoisotopic (exact) mass is 266 g/mol. The van der Waals surface area contributed by atoms with E-state index >= 15 is 0 Å². The van der Waals surface area contributed by atoms with Crippen molar-refractivity contribution in [2.45, 2.75) is 58.0 Å². The predicted molar refractivity (Wildman–Crippen MR) is 62.7 cm³/mol. The average molecular weight is 266 g/mol. The molecule has 5 nitrogen and oxygen atoms in total. The van der Waals surface area contributed by atoms with Gasteiger partial charge in [-0.25, -0.2) is 13.6 Å². The zero-order valence-corrected chi connectivity index (χ0v) is 11.0. The molecule has 0 heterocycles. The first-order chi connectivity index (χ1) is 7.94. The lowest BCUT2D eigenvalue weighted by atomic mass is 9.99. The molecule has 1 unspecified atom stereocenters. The Morgan fingerprint density at radius 1 is 1.28 bits per heavy atom. The number of amides is 2. The van der Waals surface area contributed by atoms with E-state index in [1.54, 1.807) is 13.8 Å². The molecule has 0 fully saturated rings. The molecule has 0 aromatic carbocycles. The second-order valence-corrected chi connectivity index (χ2v) is 5.05. The number of carboxylic acid groups (broad SMARTS) is 1. The van der Waals surface area contributed by atoms with Gasteiger partial charge in [-0.1, -0.05) is 0 Å². The van der Waals surface area contributed by atoms with Crippen LogP contribution in [0.4, 0.5) is 13.6 Å². The van der Waals surface area contributed by atoms with Crippen LogP contribution in [0.15, 0.2) is 0 Å². The van der Waals surface area contributed by atoms with Gasteiger partial charge in [0, 0.05) is 18.9 Å². The fraction of sp³-hybridized carbons (Fsp3) is 0.818. The highest BCUT2D eigenvalue weighted by Crippen LogP contribution is 2.17. The van der Waals surface area contributed by atoms with Crippen LogP contribution in [0.25, 0.3) is 0 Å². The number of halogens is 2. The molecule has 0 aliphatic heterocycles. The van der Waals surface area contributed by atoms with E-state index in [1.807, 2.05) is 0 Å². The zero-order valence-electron chi connectivity index (χ0n) is 11.0. The minimum atomic E-state index is -3.01. The van der Waals surface area contributed by atoms with Gasteiger partial charge in [0.25, 0.3) is 5.92 Å². The van der Waals surface area contributed by atoms with Crippen LogP contribution in [0.5, 0.6) is 0 Å². The normalized spacial score (nSPS) is 13.9. The lowest BCUT2D eigenvalue weighted by Crippen LogP contribution is -2.53. The van der Waals surface area contributed by atoms with Crippen molar-refractivity contribution < 1.29 is 23.5 Å². The van der Waals surface area contributed by atoms with Gasteiger partial charge in [0.1, 0.15) is 0 Å². The van der Waals surface area contributed by atoms with Gasteiger partial charge in [-0.3, -0.25) is 4.79 Å². The van der Waals surface area contributed by atoms with Gasteiger partial charge in [0.05, 0.1) is 6.04 Å². The fourth-order valence-electron chi connectivity index (χ4n) is 1.15. The van der Waals surface area contributed by atoms with Crippen molar-refractivity contribution in [3.05, 3.63) is 0 Å². The van der Waals surface area contributed by atoms with Crippen LogP contribution in [-0.2, 0) is 4.79 Å². The topological polar surface area (TPSA) is 78.4 Å². The summed E-state index contributed by atoms with van der Waals surface area (Å²) < 4.78 is 25.7. The van der Waals surface area contributed by atoms with Crippen molar-refractivity contribution in [3.63, 3.8) is 0 Å². The molecule has 0 aromatic rings. The number of alkyl halides is 2. The Labute approximate surface area is 105 Å². The van der Waals surface area contributed by atoms with E-state index in [0.717, 1.165) is 0 Å². The van der Waals surface area contributed by atoms with Gasteiger partial charge in [0.2, 0.25) is 0 Å². The minimum Gasteiger partial charge on any atom is -0.481 e. The van der Waals surface area contributed by atoms with Gasteiger partial charge in [-0.15, -0.1) is 0 Å². The second kappa shape index (κ2) is 5.97. The quantitative estimate of drug-likeness (QED) is 0.687. The summed E-state index contributed by atoms with van der Waals surface area (Å²) in [5.74, 6) is -3.98. The summed E-state index contributed by atoms with van der Waals surface area (Å²) in [6.45, 7) is 5.17. The Kier molecular flexibility index (Phi) is 5.51. The Hall–Kier alpha value is -1.40. The van der Waals surface area contributed by atoms with Crippen molar-refractivity contribution in [1.29, 1.82) is 0 Å². The maximum absolute atomic E-state index is 12.8. The van der Waals surface area contributed by atoms with Gasteiger partial charge < -0.3 is 15.7 Å². The van der Waals surface area contributed by atoms with Crippen LogP contribution in [0.3, 0.4) is 0 Å². The Balaban J connectivity index is 4.26. The number of hydrogen-bond donors (Lipinski definition) is 3. The third kappa shape index (κ3) is 7.03. The summed E-state index contributed by atoms with van der Waals surface area (Å²) in [5.41, 5.74) is -0.773. The molecule has 1 atom stereocenters. The zero-order chi connectivity index (χ0) is 14.6. The number of urea groups is 1. The lowest BCUT2D eigenvalue weighted by molar-refractivity contribution is -0.137. The molecule has 0 saturated heterocycles. The Morgan fingerprint density at radius 3 is 2.17 bits per heavy atom. The van der Waals surface area contributed by atoms with Crippen molar-refractivity contribution >= 4 is 12.0 Å². The van der Waals surface area contributed by atoms with Crippen LogP contribution < -0.4 is 10.6 Å². The number of nitrogens with one attached hydrogen (secondary N) is 2. The summed E-state index contributed by atoms with van der Waals surface area (Å²) >= 11 is 0. The first-order valence-corrected chi connectivity index (χ1v) is 5.62. The number of carboxylic acids is 1. The summed E-state index contributed by atoms with van der Waals surface area (Å²) in [4.78, 5) is 21.9. The summed E-state index contributed by atoms with van der Waals surface area (Å²) in [5, 5.41) is 13.1. The lowest BCUT2D eigenvalue weighted by Gasteiger charge is -2.28. The van der Waals surface area contributed by atoms with E-state index in [1.165, 1.54) is 6.92 Å². The van der Waals surface area contributed by atoms with E-state index in [0.29, 0.717) is 6.92 Å². The minimum absolute atomic E-state index is 0.104. The van der Waals surface area contributed by atoms with Crippen LogP contribution in [0.2, 0.25) is 0 Å². The fourth-order valence-corrected chi connectivity index (χ4v) is 1.15. The molecular formula is C11H20F2N2O3. The molecule has 0 saturated carbocycles. The Morgan fingerprint density at radius 2 is 1.78 bits per heavy atom. The first kappa shape index (κ1) is 16.6. The molecule has 2 amide bonds. The predicted octanol–water partition coefficient (Wildman–Crippen LogP) is 1.97. The highest BCUT2D eigenvalue weighted by atomic mass is 19.3. The number of rotatable bonds is 6. The summed E-state index contributed by atoms with van der Waals surface area (Å²) in [6, 6.07) is -2.04. The van der Waals surface area contributed by atoms with Crippen molar-refractivity contribution in [1.82, 2.24) is 10.6 Å². The van der Waals surface area contributed by atoms with Crippen LogP contribution in [0, 0.1) is 0 Å². The third-order valence-corrected chi connectivity index (χ3v) is 2.52. The maximum Gasteiger partial charge on any atom is 0.315 e. The molecule has 106 valence electrons. The molecule has 0 rings (SSSR count). The molecule has 0 aromatic heterocycles. The molecule has 0 aliphatic rings. The molecular weight excluding hydrogens is 246 g/mol. The summed E-state index contributed by atoms with van der Waals surface area (Å²) in [7, 11) is 0. The SMILES string of the molecule is CC(NC(=O)NC(C)(C)CCC(=O)O)C(C)(F)F. The standard InChI is InChI=1S/C11H20F2N2O3/c1-7(11(4,12)13)14-9(18)15-10(2,3)6-5-8(16)17/h7H,5-6H2,1-4H3,(H,16,17)(H2,14,15,18). The van der Waals surface area contributed by atoms with E-state index in [-0.39, 0.29) is 12.8 Å². The molecule has 7 heteroatoms. The molecule has 0 aliphatic carbocycles. The number of hydrogen-bond acceptors (Lipinski definition) is 2. The Bertz CT molecular complexity index is 314. The number of carbonyl (C=O) groups excluding carboxylic acids is 1. The van der Waals surface area contributed by atoms with Crippen molar-refractivity contribution in [2.24, 2.45) is 0 Å². The summed E-state index contributed by atoms with van der Waals surface area (Å²) in [6.07, 6.45) is 0.111. The molecule has 18 heavy (non-hydrogen) atoms. The highest BCUT2D eigenvalue weighted by Gasteiger charge is 2.32. The maximum atomic E-state index is 12.8. The third-order valence-electron chi connectivity index (χ3n) is 2.52. The van der Waals surface area contributed by atoms with Crippen molar-refractivity contribution in [2.75, 3.05) is 0 Å². The molecule has 0 spiro atoms. The smallest absolute Gasteiger partial charge is 0.315 e. The largest absolute Gasteiger partial charge is 0.481 e. The van der Waals surface area contributed by atoms with E-state index in [9.17, 15) is 18.4 Å². The highest BCUT2D eigenvalue weighted by molar-refractivity contribution is 5.75.